The summed E-state index contributed by atoms with van der Waals surface area (Å²) in [4.78, 5) is 21.2. The van der Waals surface area contributed by atoms with Crippen molar-refractivity contribution < 1.29 is 14.3 Å². The molecule has 0 saturated heterocycles. The van der Waals surface area contributed by atoms with Gasteiger partial charge in [-0.3, -0.25) is 4.79 Å². The molecule has 3 aromatic rings. The van der Waals surface area contributed by atoms with Crippen molar-refractivity contribution >= 4 is 11.7 Å². The van der Waals surface area contributed by atoms with Gasteiger partial charge in [0.2, 0.25) is 5.91 Å². The third-order valence-corrected chi connectivity index (χ3v) is 6.03. The third-order valence-electron chi connectivity index (χ3n) is 6.03. The summed E-state index contributed by atoms with van der Waals surface area (Å²) in [7, 11) is 1.65. The lowest BCUT2D eigenvalue weighted by molar-refractivity contribution is -0.116. The van der Waals surface area contributed by atoms with Crippen molar-refractivity contribution in [1.29, 1.82) is 0 Å². The van der Waals surface area contributed by atoms with Gasteiger partial charge in [0.05, 0.1) is 18.9 Å². The Kier molecular flexibility index (Phi) is 5.05. The van der Waals surface area contributed by atoms with Crippen LogP contribution in [0, 0.1) is 6.92 Å². The molecule has 0 radical (unpaired) electrons. The fourth-order valence-corrected chi connectivity index (χ4v) is 4.57. The molecule has 31 heavy (non-hydrogen) atoms. The van der Waals surface area contributed by atoms with E-state index < -0.39 is 0 Å². The van der Waals surface area contributed by atoms with Crippen LogP contribution in [0.4, 0.5) is 5.82 Å². The van der Waals surface area contributed by atoms with Crippen LogP contribution in [0.2, 0.25) is 0 Å². The number of rotatable bonds is 5. The van der Waals surface area contributed by atoms with Gasteiger partial charge in [-0.2, -0.15) is 9.78 Å². The number of carbonyl (C=O) groups excluding carboxylic acids is 1. The van der Waals surface area contributed by atoms with Crippen molar-refractivity contribution in [1.82, 2.24) is 19.7 Å². The molecule has 160 valence electrons. The van der Waals surface area contributed by atoms with E-state index in [0.29, 0.717) is 23.9 Å². The summed E-state index contributed by atoms with van der Waals surface area (Å²) in [5, 5.41) is 7.60. The molecule has 1 amide bonds. The molecule has 5 rings (SSSR count). The summed E-state index contributed by atoms with van der Waals surface area (Å²) in [6, 6.07) is 7.69. The molecule has 1 N–H and O–H groups in total. The maximum absolute atomic E-state index is 12.6. The van der Waals surface area contributed by atoms with E-state index in [-0.39, 0.29) is 17.9 Å². The molecule has 3 heterocycles. The topological polar surface area (TPSA) is 91.2 Å². The molecular formula is C23H25N5O3. The lowest BCUT2D eigenvalue weighted by Gasteiger charge is -2.25. The van der Waals surface area contributed by atoms with Gasteiger partial charge in [-0.05, 0) is 56.4 Å². The third kappa shape index (κ3) is 3.62. The summed E-state index contributed by atoms with van der Waals surface area (Å²) in [5.74, 6) is 2.28. The van der Waals surface area contributed by atoms with Crippen LogP contribution in [0.25, 0.3) is 5.95 Å². The molecule has 1 aliphatic heterocycles. The van der Waals surface area contributed by atoms with Gasteiger partial charge in [-0.1, -0.05) is 6.07 Å². The Labute approximate surface area is 180 Å². The van der Waals surface area contributed by atoms with Crippen LogP contribution in [-0.2, 0) is 4.79 Å². The molecule has 0 spiro atoms. The molecule has 8 nitrogen and oxygen atoms in total. The predicted molar refractivity (Wildman–Crippen MR) is 115 cm³/mol. The molecule has 1 saturated carbocycles. The maximum Gasteiger partial charge on any atom is 0.252 e. The minimum atomic E-state index is -0.141. The van der Waals surface area contributed by atoms with Crippen molar-refractivity contribution in [3.63, 3.8) is 0 Å². The number of fused-ring (bicyclic) bond motifs is 1. The Morgan fingerprint density at radius 3 is 2.65 bits per heavy atom. The minimum absolute atomic E-state index is 0.0661. The number of hydrogen-bond acceptors (Lipinski definition) is 6. The summed E-state index contributed by atoms with van der Waals surface area (Å²) in [5.41, 5.74) is 2.81. The molecule has 2 aromatic heterocycles. The van der Waals surface area contributed by atoms with Crippen LogP contribution in [0.3, 0.4) is 0 Å². The smallest absolute Gasteiger partial charge is 0.252 e. The fraction of sp³-hybridized carbons (Fsp3) is 0.391. The van der Waals surface area contributed by atoms with Gasteiger partial charge < -0.3 is 14.8 Å². The summed E-state index contributed by atoms with van der Waals surface area (Å²) < 4.78 is 13.4. The fourth-order valence-electron chi connectivity index (χ4n) is 4.57. The van der Waals surface area contributed by atoms with Crippen molar-refractivity contribution in [3.8, 4) is 17.4 Å². The first-order valence-corrected chi connectivity index (χ1v) is 10.7. The second-order valence-corrected chi connectivity index (χ2v) is 8.05. The quantitative estimate of drug-likeness (QED) is 0.677. The van der Waals surface area contributed by atoms with Gasteiger partial charge in [-0.25, -0.2) is 9.97 Å². The lowest BCUT2D eigenvalue weighted by Crippen LogP contribution is -2.25. The number of aromatic nitrogens is 4. The average molecular weight is 419 g/mol. The number of amides is 1. The van der Waals surface area contributed by atoms with E-state index in [1.807, 2.05) is 25.1 Å². The molecular weight excluding hydrogens is 394 g/mol. The Hall–Kier alpha value is -3.42. The Balaban J connectivity index is 1.56. The van der Waals surface area contributed by atoms with Gasteiger partial charge in [0.25, 0.3) is 5.95 Å². The van der Waals surface area contributed by atoms with Crippen LogP contribution in [0.1, 0.15) is 54.8 Å². The Morgan fingerprint density at radius 1 is 1.13 bits per heavy atom. The number of nitrogens with one attached hydrogen (secondary N) is 1. The van der Waals surface area contributed by atoms with E-state index >= 15 is 0 Å². The highest BCUT2D eigenvalue weighted by Gasteiger charge is 2.33. The van der Waals surface area contributed by atoms with Crippen LogP contribution >= 0.6 is 0 Å². The van der Waals surface area contributed by atoms with Crippen molar-refractivity contribution in [2.45, 2.75) is 51.0 Å². The number of hydrogen-bond donors (Lipinski definition) is 1. The molecule has 1 aliphatic carbocycles. The highest BCUT2D eigenvalue weighted by molar-refractivity contribution is 5.95. The van der Waals surface area contributed by atoms with E-state index in [4.69, 9.17) is 9.47 Å². The number of aryl methyl sites for hydroxylation is 1. The SMILES string of the molecule is COc1ccc([C@H]2CC(=O)Nc3c2c(C)nn3-c2ncccn2)cc1OC1CCCC1. The van der Waals surface area contributed by atoms with Gasteiger partial charge in [-0.15, -0.1) is 0 Å². The molecule has 1 fully saturated rings. The highest BCUT2D eigenvalue weighted by atomic mass is 16.5. The molecule has 1 aromatic carbocycles. The first-order valence-electron chi connectivity index (χ1n) is 10.7. The summed E-state index contributed by atoms with van der Waals surface area (Å²) in [6.45, 7) is 1.95. The van der Waals surface area contributed by atoms with Crippen molar-refractivity contribution in [2.75, 3.05) is 12.4 Å². The van der Waals surface area contributed by atoms with Crippen LogP contribution in [0.5, 0.6) is 11.5 Å². The summed E-state index contributed by atoms with van der Waals surface area (Å²) in [6.07, 6.45) is 8.38. The predicted octanol–water partition coefficient (Wildman–Crippen LogP) is 3.77. The lowest BCUT2D eigenvalue weighted by atomic mass is 9.85. The second-order valence-electron chi connectivity index (χ2n) is 8.05. The first-order chi connectivity index (χ1) is 15.1. The monoisotopic (exact) mass is 419 g/mol. The number of ether oxygens (including phenoxy) is 2. The second kappa shape index (κ2) is 8.02. The largest absolute Gasteiger partial charge is 0.493 e. The molecule has 8 heteroatoms. The first kappa shape index (κ1) is 19.5. The summed E-state index contributed by atoms with van der Waals surface area (Å²) >= 11 is 0. The van der Waals surface area contributed by atoms with E-state index in [9.17, 15) is 4.79 Å². The zero-order valence-electron chi connectivity index (χ0n) is 17.7. The molecule has 2 aliphatic rings. The zero-order valence-corrected chi connectivity index (χ0v) is 17.7. The molecule has 0 bridgehead atoms. The average Bonchev–Trinajstić information content (AvgIpc) is 3.41. The number of methoxy groups -OCH3 is 1. The van der Waals surface area contributed by atoms with E-state index in [1.54, 1.807) is 30.3 Å². The Morgan fingerprint density at radius 2 is 1.90 bits per heavy atom. The van der Waals surface area contributed by atoms with E-state index in [2.05, 4.69) is 20.4 Å². The van der Waals surface area contributed by atoms with Crippen LogP contribution in [0.15, 0.2) is 36.7 Å². The van der Waals surface area contributed by atoms with Crippen LogP contribution in [-0.4, -0.2) is 38.9 Å². The molecule has 0 unspecified atom stereocenters. The van der Waals surface area contributed by atoms with Gasteiger partial charge >= 0.3 is 0 Å². The Bertz CT molecular complexity index is 1110. The van der Waals surface area contributed by atoms with Gasteiger partial charge in [0.15, 0.2) is 11.5 Å². The minimum Gasteiger partial charge on any atom is -0.493 e. The highest BCUT2D eigenvalue weighted by Crippen LogP contribution is 2.42. The number of benzene rings is 1. The number of anilines is 1. The van der Waals surface area contributed by atoms with Crippen LogP contribution < -0.4 is 14.8 Å². The number of carbonyl (C=O) groups is 1. The molecule has 1 atom stereocenters. The van der Waals surface area contributed by atoms with Crippen molar-refractivity contribution in [3.05, 3.63) is 53.5 Å². The zero-order chi connectivity index (χ0) is 21.4. The standard InChI is InChI=1S/C23H25N5O3/c1-14-21-17(13-20(29)26-22(21)28(27-14)23-24-10-5-11-25-23)15-8-9-18(30-2)19(12-15)31-16-6-3-4-7-16/h5,8-12,16-17H,3-4,6-7,13H2,1-2H3,(H,26,29)/t17-/m1/s1. The van der Waals surface area contributed by atoms with E-state index in [0.717, 1.165) is 35.4 Å². The van der Waals surface area contributed by atoms with E-state index in [1.165, 1.54) is 12.8 Å². The van der Waals surface area contributed by atoms with Crippen molar-refractivity contribution in [2.24, 2.45) is 0 Å². The normalized spacial score (nSPS) is 18.5. The van der Waals surface area contributed by atoms with Gasteiger partial charge in [0, 0.05) is 30.3 Å². The maximum atomic E-state index is 12.6. The van der Waals surface area contributed by atoms with Gasteiger partial charge in [0.1, 0.15) is 5.82 Å². The number of nitrogens with zero attached hydrogens (tertiary/aromatic N) is 4.